The Hall–Kier alpha value is -1.10. The zero-order valence-electron chi connectivity index (χ0n) is 7.87. The first-order valence-electron chi connectivity index (χ1n) is 4.79. The second-order valence-corrected chi connectivity index (χ2v) is 4.68. The number of benzene rings is 1. The number of nitrogens with zero attached hydrogens (tertiary/aromatic N) is 2. The van der Waals surface area contributed by atoms with Crippen LogP contribution < -0.4 is 5.73 Å². The molecule has 1 saturated carbocycles. The van der Waals surface area contributed by atoms with Crippen LogP contribution in [0.25, 0.3) is 11.0 Å². The molecule has 0 aliphatic heterocycles. The van der Waals surface area contributed by atoms with E-state index in [1.54, 1.807) is 6.07 Å². The molecule has 2 aromatic rings. The fourth-order valence-corrected chi connectivity index (χ4v) is 2.16. The van der Waals surface area contributed by atoms with Crippen molar-refractivity contribution in [1.82, 2.24) is 9.55 Å². The number of aromatic nitrogens is 2. The number of imidazole rings is 1. The van der Waals surface area contributed by atoms with E-state index in [4.69, 9.17) is 5.73 Å². The standard InChI is InChI=1S/C10H9BrFN3/c11-6-3-8-9(4-7(6)12)15(5-1-2-5)10(13)14-8/h3-5H,1-2H2,(H2,13,14). The number of anilines is 1. The number of rotatable bonds is 1. The number of hydrogen-bond donors (Lipinski definition) is 1. The molecule has 0 unspecified atom stereocenters. The van der Waals surface area contributed by atoms with Gasteiger partial charge in [0.1, 0.15) is 5.82 Å². The SMILES string of the molecule is Nc1nc2cc(Br)c(F)cc2n1C1CC1. The number of halogens is 2. The van der Waals surface area contributed by atoms with E-state index in [1.807, 2.05) is 4.57 Å². The Balaban J connectivity index is 2.34. The molecule has 3 nitrogen and oxygen atoms in total. The van der Waals surface area contributed by atoms with Crippen LogP contribution in [0.5, 0.6) is 0 Å². The maximum atomic E-state index is 13.4. The molecule has 0 radical (unpaired) electrons. The van der Waals surface area contributed by atoms with E-state index in [9.17, 15) is 4.39 Å². The van der Waals surface area contributed by atoms with Gasteiger partial charge in [-0.1, -0.05) is 0 Å². The van der Waals surface area contributed by atoms with E-state index in [0.717, 1.165) is 23.9 Å². The first-order chi connectivity index (χ1) is 7.16. The molecule has 78 valence electrons. The molecule has 5 heteroatoms. The highest BCUT2D eigenvalue weighted by Crippen LogP contribution is 2.40. The minimum Gasteiger partial charge on any atom is -0.369 e. The number of hydrogen-bond acceptors (Lipinski definition) is 2. The summed E-state index contributed by atoms with van der Waals surface area (Å²) in [4.78, 5) is 4.22. The maximum Gasteiger partial charge on any atom is 0.201 e. The summed E-state index contributed by atoms with van der Waals surface area (Å²) in [5.41, 5.74) is 7.34. The van der Waals surface area contributed by atoms with Crippen molar-refractivity contribution in [2.75, 3.05) is 5.73 Å². The quantitative estimate of drug-likeness (QED) is 0.865. The topological polar surface area (TPSA) is 43.8 Å². The molecule has 0 amide bonds. The Morgan fingerprint density at radius 3 is 2.87 bits per heavy atom. The number of nitrogens with two attached hydrogens (primary N) is 1. The van der Waals surface area contributed by atoms with Gasteiger partial charge in [-0.05, 0) is 34.8 Å². The fourth-order valence-electron chi connectivity index (χ4n) is 1.83. The molecule has 1 aromatic carbocycles. The van der Waals surface area contributed by atoms with E-state index in [2.05, 4.69) is 20.9 Å². The molecule has 0 atom stereocenters. The minimum atomic E-state index is -0.274. The van der Waals surface area contributed by atoms with Crippen LogP contribution in [0, 0.1) is 5.82 Å². The molecular formula is C10H9BrFN3. The molecule has 0 spiro atoms. The summed E-state index contributed by atoms with van der Waals surface area (Å²) in [5.74, 6) is 0.203. The van der Waals surface area contributed by atoms with Crippen molar-refractivity contribution in [3.8, 4) is 0 Å². The van der Waals surface area contributed by atoms with Gasteiger partial charge < -0.3 is 10.3 Å². The van der Waals surface area contributed by atoms with Gasteiger partial charge in [-0.15, -0.1) is 0 Å². The lowest BCUT2D eigenvalue weighted by atomic mass is 10.3. The van der Waals surface area contributed by atoms with Crippen LogP contribution in [0.4, 0.5) is 10.3 Å². The van der Waals surface area contributed by atoms with Crippen molar-refractivity contribution in [1.29, 1.82) is 0 Å². The fraction of sp³-hybridized carbons (Fsp3) is 0.300. The molecule has 0 saturated heterocycles. The van der Waals surface area contributed by atoms with E-state index in [-0.39, 0.29) is 5.82 Å². The summed E-state index contributed by atoms with van der Waals surface area (Å²) >= 11 is 3.14. The third-order valence-corrected chi connectivity index (χ3v) is 3.28. The third-order valence-electron chi connectivity index (χ3n) is 2.67. The van der Waals surface area contributed by atoms with E-state index in [1.165, 1.54) is 6.07 Å². The molecule has 2 N–H and O–H groups in total. The second kappa shape index (κ2) is 2.95. The zero-order chi connectivity index (χ0) is 10.6. The van der Waals surface area contributed by atoms with Gasteiger partial charge in [0.15, 0.2) is 0 Å². The third kappa shape index (κ3) is 1.33. The van der Waals surface area contributed by atoms with Crippen LogP contribution in [0.15, 0.2) is 16.6 Å². The van der Waals surface area contributed by atoms with Crippen molar-refractivity contribution in [2.24, 2.45) is 0 Å². The van der Waals surface area contributed by atoms with E-state index >= 15 is 0 Å². The average molecular weight is 270 g/mol. The number of fused-ring (bicyclic) bond motifs is 1. The summed E-state index contributed by atoms with van der Waals surface area (Å²) in [6.07, 6.45) is 2.21. The molecule has 1 heterocycles. The van der Waals surface area contributed by atoms with Gasteiger partial charge in [-0.3, -0.25) is 0 Å². The molecule has 1 aliphatic carbocycles. The highest BCUT2D eigenvalue weighted by molar-refractivity contribution is 9.10. The Labute approximate surface area is 94.2 Å². The summed E-state index contributed by atoms with van der Waals surface area (Å²) in [5, 5.41) is 0. The predicted octanol–water partition coefficient (Wildman–Crippen LogP) is 2.86. The van der Waals surface area contributed by atoms with Crippen molar-refractivity contribution in [2.45, 2.75) is 18.9 Å². The van der Waals surface area contributed by atoms with Gasteiger partial charge in [0.25, 0.3) is 0 Å². The monoisotopic (exact) mass is 269 g/mol. The van der Waals surface area contributed by atoms with Gasteiger partial charge in [0.2, 0.25) is 5.95 Å². The van der Waals surface area contributed by atoms with Gasteiger partial charge >= 0.3 is 0 Å². The molecule has 0 bridgehead atoms. The Kier molecular flexibility index (Phi) is 1.80. The zero-order valence-corrected chi connectivity index (χ0v) is 9.46. The molecule has 1 aliphatic rings. The summed E-state index contributed by atoms with van der Waals surface area (Å²) in [6.45, 7) is 0. The summed E-state index contributed by atoms with van der Waals surface area (Å²) < 4.78 is 15.7. The van der Waals surface area contributed by atoms with Gasteiger partial charge in [0, 0.05) is 12.1 Å². The molecule has 3 rings (SSSR count). The largest absolute Gasteiger partial charge is 0.369 e. The Bertz CT molecular complexity index is 545. The lowest BCUT2D eigenvalue weighted by Gasteiger charge is -2.03. The summed E-state index contributed by atoms with van der Waals surface area (Å²) in [6, 6.07) is 3.57. The van der Waals surface area contributed by atoms with Crippen LogP contribution in [-0.2, 0) is 0 Å². The highest BCUT2D eigenvalue weighted by Gasteiger charge is 2.27. The lowest BCUT2D eigenvalue weighted by Crippen LogP contribution is -2.00. The van der Waals surface area contributed by atoms with Crippen LogP contribution in [-0.4, -0.2) is 9.55 Å². The lowest BCUT2D eigenvalue weighted by molar-refractivity contribution is 0.621. The van der Waals surface area contributed by atoms with Crippen LogP contribution in [0.3, 0.4) is 0 Å². The van der Waals surface area contributed by atoms with Crippen molar-refractivity contribution in [3.63, 3.8) is 0 Å². The van der Waals surface area contributed by atoms with Gasteiger partial charge in [-0.2, -0.15) is 0 Å². The molecule has 1 fully saturated rings. The van der Waals surface area contributed by atoms with E-state index in [0.29, 0.717) is 16.5 Å². The highest BCUT2D eigenvalue weighted by atomic mass is 79.9. The minimum absolute atomic E-state index is 0.274. The van der Waals surface area contributed by atoms with Crippen LogP contribution >= 0.6 is 15.9 Å². The first kappa shape index (κ1) is 9.15. The van der Waals surface area contributed by atoms with Crippen molar-refractivity contribution in [3.05, 3.63) is 22.4 Å². The number of nitrogen functional groups attached to an aromatic ring is 1. The van der Waals surface area contributed by atoms with Crippen molar-refractivity contribution >= 4 is 32.9 Å². The normalized spacial score (nSPS) is 16.1. The average Bonchev–Trinajstić information content (AvgIpc) is 2.93. The first-order valence-corrected chi connectivity index (χ1v) is 5.58. The Morgan fingerprint density at radius 2 is 2.20 bits per heavy atom. The van der Waals surface area contributed by atoms with Gasteiger partial charge in [0.05, 0.1) is 15.5 Å². The Morgan fingerprint density at radius 1 is 1.47 bits per heavy atom. The second-order valence-electron chi connectivity index (χ2n) is 3.83. The van der Waals surface area contributed by atoms with Crippen molar-refractivity contribution < 1.29 is 4.39 Å². The van der Waals surface area contributed by atoms with Crippen LogP contribution in [0.2, 0.25) is 0 Å². The molecular weight excluding hydrogens is 261 g/mol. The molecule has 15 heavy (non-hydrogen) atoms. The predicted molar refractivity (Wildman–Crippen MR) is 60.1 cm³/mol. The van der Waals surface area contributed by atoms with Crippen LogP contribution in [0.1, 0.15) is 18.9 Å². The smallest absolute Gasteiger partial charge is 0.201 e. The molecule has 1 aromatic heterocycles. The van der Waals surface area contributed by atoms with E-state index < -0.39 is 0 Å². The maximum absolute atomic E-state index is 13.4. The van der Waals surface area contributed by atoms with Gasteiger partial charge in [-0.25, -0.2) is 9.37 Å². The summed E-state index contributed by atoms with van der Waals surface area (Å²) in [7, 11) is 0.